The lowest BCUT2D eigenvalue weighted by molar-refractivity contribution is 0.122. The Bertz CT molecular complexity index is 1390. The second-order valence-electron chi connectivity index (χ2n) is 8.61. The van der Waals surface area contributed by atoms with Gasteiger partial charge in [-0.3, -0.25) is 4.21 Å². The van der Waals surface area contributed by atoms with Crippen molar-refractivity contribution in [1.29, 1.82) is 0 Å². The zero-order valence-electron chi connectivity index (χ0n) is 20.5. The van der Waals surface area contributed by atoms with Crippen LogP contribution in [0.2, 0.25) is 0 Å². The second-order valence-corrected chi connectivity index (χ2v) is 11.5. The number of morpholine rings is 1. The molecule has 1 saturated heterocycles. The van der Waals surface area contributed by atoms with Crippen LogP contribution in [0.15, 0.2) is 58.8 Å². The summed E-state index contributed by atoms with van der Waals surface area (Å²) in [5, 5.41) is 8.75. The van der Waals surface area contributed by atoms with Crippen molar-refractivity contribution in [3.05, 3.63) is 53.9 Å². The van der Waals surface area contributed by atoms with Gasteiger partial charge in [0.05, 0.1) is 57.6 Å². The topological polar surface area (TPSA) is 88.6 Å². The molecule has 36 heavy (non-hydrogen) atoms. The van der Waals surface area contributed by atoms with Gasteiger partial charge >= 0.3 is 0 Å². The van der Waals surface area contributed by atoms with Crippen LogP contribution in [0, 0.1) is 0 Å². The van der Waals surface area contributed by atoms with Crippen LogP contribution in [0.5, 0.6) is 5.75 Å². The molecule has 0 amide bonds. The third kappa shape index (κ3) is 5.16. The van der Waals surface area contributed by atoms with E-state index in [-0.39, 0.29) is 5.25 Å². The zero-order chi connectivity index (χ0) is 25.1. The molecule has 0 saturated carbocycles. The van der Waals surface area contributed by atoms with Gasteiger partial charge in [-0.1, -0.05) is 26.0 Å². The molecule has 2 aromatic heterocycles. The molecule has 10 heteroatoms. The monoisotopic (exact) mass is 523 g/mol. The standard InChI is InChI=1S/C26H29N5O3S2/c1-17(2)36(32)23-7-5-4-6-20(23)27-25-24-21(10-15-35-24)29-26(30-25)28-19-9-8-18(16-22(19)33-3)31-11-13-34-14-12-31/h4-10,15-17H,11-14H2,1-3H3,(H2,27,28,29,30). The van der Waals surface area contributed by atoms with Crippen molar-refractivity contribution in [2.45, 2.75) is 24.0 Å². The van der Waals surface area contributed by atoms with E-state index >= 15 is 0 Å². The van der Waals surface area contributed by atoms with Gasteiger partial charge < -0.3 is 25.0 Å². The fourth-order valence-electron chi connectivity index (χ4n) is 4.05. The maximum absolute atomic E-state index is 12.9. The number of aromatic nitrogens is 2. The normalized spacial score (nSPS) is 14.7. The molecule has 1 aliphatic heterocycles. The second kappa shape index (κ2) is 10.8. The Hall–Kier alpha value is -3.21. The van der Waals surface area contributed by atoms with E-state index in [4.69, 9.17) is 19.4 Å². The summed E-state index contributed by atoms with van der Waals surface area (Å²) in [6.07, 6.45) is 0. The predicted octanol–water partition coefficient (Wildman–Crippen LogP) is 5.54. The van der Waals surface area contributed by atoms with Gasteiger partial charge in [-0.25, -0.2) is 4.98 Å². The highest BCUT2D eigenvalue weighted by atomic mass is 32.2. The van der Waals surface area contributed by atoms with Crippen LogP contribution in [-0.2, 0) is 15.5 Å². The van der Waals surface area contributed by atoms with Crippen molar-refractivity contribution in [3.63, 3.8) is 0 Å². The summed E-state index contributed by atoms with van der Waals surface area (Å²) < 4.78 is 25.0. The average molecular weight is 524 g/mol. The molecule has 0 bridgehead atoms. The number of thiophene rings is 1. The number of benzene rings is 2. The van der Waals surface area contributed by atoms with E-state index in [1.54, 1.807) is 18.4 Å². The lowest BCUT2D eigenvalue weighted by atomic mass is 10.2. The summed E-state index contributed by atoms with van der Waals surface area (Å²) >= 11 is 1.56. The quantitative estimate of drug-likeness (QED) is 0.311. The predicted molar refractivity (Wildman–Crippen MR) is 148 cm³/mol. The molecular weight excluding hydrogens is 494 g/mol. The van der Waals surface area contributed by atoms with Crippen LogP contribution in [0.3, 0.4) is 0 Å². The van der Waals surface area contributed by atoms with Gasteiger partial charge in [0.25, 0.3) is 0 Å². The lowest BCUT2D eigenvalue weighted by Crippen LogP contribution is -2.36. The summed E-state index contributed by atoms with van der Waals surface area (Å²) in [5.74, 6) is 1.82. The van der Waals surface area contributed by atoms with Crippen LogP contribution >= 0.6 is 11.3 Å². The van der Waals surface area contributed by atoms with Crippen LogP contribution in [0.4, 0.5) is 28.8 Å². The fourth-order valence-corrected chi connectivity index (χ4v) is 5.88. The van der Waals surface area contributed by atoms with E-state index < -0.39 is 10.8 Å². The van der Waals surface area contributed by atoms with E-state index in [9.17, 15) is 4.21 Å². The van der Waals surface area contributed by atoms with E-state index in [1.807, 2.05) is 61.7 Å². The highest BCUT2D eigenvalue weighted by Crippen LogP contribution is 2.35. The Morgan fingerprint density at radius 1 is 1.06 bits per heavy atom. The number of fused-ring (bicyclic) bond motifs is 1. The molecule has 8 nitrogen and oxygen atoms in total. The summed E-state index contributed by atoms with van der Waals surface area (Å²) in [6, 6.07) is 15.7. The Labute approximate surface area is 217 Å². The fraction of sp³-hybridized carbons (Fsp3) is 0.308. The maximum atomic E-state index is 12.9. The van der Waals surface area contributed by atoms with Crippen LogP contribution < -0.4 is 20.3 Å². The van der Waals surface area contributed by atoms with Crippen LogP contribution in [0.25, 0.3) is 10.2 Å². The third-order valence-corrected chi connectivity index (χ3v) is 8.45. The minimum atomic E-state index is -1.14. The first-order valence-corrected chi connectivity index (χ1v) is 13.9. The summed E-state index contributed by atoms with van der Waals surface area (Å²) in [5.41, 5.74) is 3.46. The van der Waals surface area contributed by atoms with Gasteiger partial charge in [0.15, 0.2) is 5.82 Å². The molecule has 2 aromatic carbocycles. The SMILES string of the molecule is COc1cc(N2CCOCC2)ccc1Nc1nc(Nc2ccccc2S(=O)C(C)C)c2sccc2n1. The average Bonchev–Trinajstić information content (AvgIpc) is 3.38. The van der Waals surface area contributed by atoms with E-state index in [0.717, 1.165) is 58.5 Å². The number of hydrogen-bond donors (Lipinski definition) is 2. The van der Waals surface area contributed by atoms with Gasteiger partial charge in [0, 0.05) is 30.1 Å². The first-order chi connectivity index (χ1) is 17.5. The van der Waals surface area contributed by atoms with Gasteiger partial charge in [-0.15, -0.1) is 11.3 Å². The van der Waals surface area contributed by atoms with Crippen molar-refractivity contribution >= 4 is 61.2 Å². The lowest BCUT2D eigenvalue weighted by Gasteiger charge is -2.29. The summed E-state index contributed by atoms with van der Waals surface area (Å²) in [7, 11) is 0.521. The van der Waals surface area contributed by atoms with E-state index in [0.29, 0.717) is 17.5 Å². The molecule has 1 unspecified atom stereocenters. The Balaban J connectivity index is 1.46. The van der Waals surface area contributed by atoms with Crippen LogP contribution in [0.1, 0.15) is 13.8 Å². The molecule has 0 aliphatic carbocycles. The van der Waals surface area contributed by atoms with Crippen LogP contribution in [-0.4, -0.2) is 52.8 Å². The number of para-hydroxylation sites is 1. The van der Waals surface area contributed by atoms with Crippen molar-refractivity contribution in [2.75, 3.05) is 48.9 Å². The number of nitrogens with one attached hydrogen (secondary N) is 2. The van der Waals surface area contributed by atoms with Crippen molar-refractivity contribution < 1.29 is 13.7 Å². The molecule has 0 spiro atoms. The molecular formula is C26H29N5O3S2. The number of nitrogens with zero attached hydrogens (tertiary/aromatic N) is 3. The molecule has 3 heterocycles. The minimum absolute atomic E-state index is 0.00484. The molecule has 0 radical (unpaired) electrons. The number of hydrogen-bond acceptors (Lipinski definition) is 9. The molecule has 5 rings (SSSR count). The molecule has 4 aromatic rings. The molecule has 1 fully saturated rings. The van der Waals surface area contributed by atoms with Crippen molar-refractivity contribution in [1.82, 2.24) is 9.97 Å². The van der Waals surface area contributed by atoms with Gasteiger partial charge in [-0.2, -0.15) is 4.98 Å². The number of anilines is 5. The Kier molecular flexibility index (Phi) is 7.35. The summed E-state index contributed by atoms with van der Waals surface area (Å²) in [4.78, 5) is 12.5. The first kappa shape index (κ1) is 24.5. The van der Waals surface area contributed by atoms with Crippen molar-refractivity contribution in [3.8, 4) is 5.75 Å². The smallest absolute Gasteiger partial charge is 0.229 e. The summed E-state index contributed by atoms with van der Waals surface area (Å²) in [6.45, 7) is 7.06. The highest BCUT2D eigenvalue weighted by molar-refractivity contribution is 7.85. The Morgan fingerprint density at radius 3 is 2.64 bits per heavy atom. The Morgan fingerprint density at radius 2 is 1.86 bits per heavy atom. The largest absolute Gasteiger partial charge is 0.494 e. The number of methoxy groups -OCH3 is 1. The zero-order valence-corrected chi connectivity index (χ0v) is 22.1. The van der Waals surface area contributed by atoms with Crippen molar-refractivity contribution in [2.24, 2.45) is 0 Å². The molecule has 1 atom stereocenters. The first-order valence-electron chi connectivity index (χ1n) is 11.8. The van der Waals surface area contributed by atoms with E-state index in [1.165, 1.54) is 0 Å². The maximum Gasteiger partial charge on any atom is 0.229 e. The molecule has 2 N–H and O–H groups in total. The molecule has 1 aliphatic rings. The van der Waals surface area contributed by atoms with Gasteiger partial charge in [0.2, 0.25) is 5.95 Å². The number of ether oxygens (including phenoxy) is 2. The minimum Gasteiger partial charge on any atom is -0.494 e. The van der Waals surface area contributed by atoms with Gasteiger partial charge in [0.1, 0.15) is 5.75 Å². The van der Waals surface area contributed by atoms with Gasteiger partial charge in [-0.05, 0) is 35.7 Å². The molecule has 188 valence electrons. The number of rotatable bonds is 8. The van der Waals surface area contributed by atoms with E-state index in [2.05, 4.69) is 21.6 Å². The third-order valence-electron chi connectivity index (χ3n) is 5.90. The highest BCUT2D eigenvalue weighted by Gasteiger charge is 2.18.